The molecule has 0 spiro atoms. The predicted molar refractivity (Wildman–Crippen MR) is 96.6 cm³/mol. The largest absolute Gasteiger partial charge is 0.496 e. The first-order valence-corrected chi connectivity index (χ1v) is 8.88. The fourth-order valence-corrected chi connectivity index (χ4v) is 3.35. The van der Waals surface area contributed by atoms with Crippen molar-refractivity contribution in [2.45, 2.75) is 24.4 Å². The number of hydrogen-bond donors (Lipinski definition) is 1. The van der Waals surface area contributed by atoms with Crippen molar-refractivity contribution in [2.24, 2.45) is 7.05 Å². The van der Waals surface area contributed by atoms with Gasteiger partial charge < -0.3 is 19.0 Å². The number of para-hydroxylation sites is 1. The molecule has 8 heteroatoms. The summed E-state index contributed by atoms with van der Waals surface area (Å²) in [6.45, 7) is 2.61. The molecule has 0 saturated carbocycles. The number of ether oxygens (including phenoxy) is 1. The number of methoxy groups -OCH3 is 1. The van der Waals surface area contributed by atoms with Crippen molar-refractivity contribution in [3.63, 3.8) is 0 Å². The molecule has 0 radical (unpaired) electrons. The molecule has 2 aromatic heterocycles. The first-order valence-electron chi connectivity index (χ1n) is 7.89. The summed E-state index contributed by atoms with van der Waals surface area (Å²) in [5.41, 5.74) is 1.74. The van der Waals surface area contributed by atoms with E-state index in [2.05, 4.69) is 20.5 Å². The Bertz CT molecular complexity index is 859. The zero-order chi connectivity index (χ0) is 17.8. The highest BCUT2D eigenvalue weighted by atomic mass is 32.2. The molecule has 0 amide bonds. The van der Waals surface area contributed by atoms with Crippen LogP contribution >= 0.6 is 11.8 Å². The van der Waals surface area contributed by atoms with Crippen LogP contribution in [0.3, 0.4) is 0 Å². The number of nitrogens with zero attached hydrogens (tertiary/aromatic N) is 4. The Kier molecular flexibility index (Phi) is 5.40. The lowest BCUT2D eigenvalue weighted by molar-refractivity contribution is 0.414. The quantitative estimate of drug-likeness (QED) is 0.650. The van der Waals surface area contributed by atoms with Gasteiger partial charge in [0.2, 0.25) is 5.89 Å². The number of aromatic nitrogens is 4. The van der Waals surface area contributed by atoms with Crippen LogP contribution in [-0.4, -0.2) is 33.9 Å². The first kappa shape index (κ1) is 17.5. The minimum Gasteiger partial charge on any atom is -0.496 e. The molecule has 0 aliphatic rings. The minimum atomic E-state index is 0.569. The zero-order valence-electron chi connectivity index (χ0n) is 14.7. The number of rotatable bonds is 7. The minimum absolute atomic E-state index is 0.569. The SMILES string of the molecule is CNCc1nnc(SCc2nc(-c3ccccc3OC)oc2C)n1C. The maximum absolute atomic E-state index is 5.85. The van der Waals surface area contributed by atoms with Crippen molar-refractivity contribution in [2.75, 3.05) is 14.2 Å². The van der Waals surface area contributed by atoms with Gasteiger partial charge >= 0.3 is 0 Å². The van der Waals surface area contributed by atoms with E-state index in [1.54, 1.807) is 18.9 Å². The smallest absolute Gasteiger partial charge is 0.230 e. The summed E-state index contributed by atoms with van der Waals surface area (Å²) >= 11 is 1.59. The monoisotopic (exact) mass is 359 g/mol. The molecule has 0 unspecified atom stereocenters. The molecule has 0 aliphatic heterocycles. The van der Waals surface area contributed by atoms with Crippen molar-refractivity contribution in [3.8, 4) is 17.2 Å². The van der Waals surface area contributed by atoms with Crippen LogP contribution in [0.15, 0.2) is 33.8 Å². The van der Waals surface area contributed by atoms with Crippen LogP contribution < -0.4 is 10.1 Å². The Morgan fingerprint density at radius 3 is 2.84 bits per heavy atom. The lowest BCUT2D eigenvalue weighted by atomic mass is 10.2. The Labute approximate surface area is 150 Å². The molecule has 1 aromatic carbocycles. The third kappa shape index (κ3) is 3.69. The summed E-state index contributed by atoms with van der Waals surface area (Å²) in [7, 11) is 5.49. The van der Waals surface area contributed by atoms with Crippen molar-refractivity contribution in [3.05, 3.63) is 41.5 Å². The van der Waals surface area contributed by atoms with Crippen molar-refractivity contribution in [1.82, 2.24) is 25.1 Å². The topological polar surface area (TPSA) is 78.0 Å². The van der Waals surface area contributed by atoms with Crippen LogP contribution in [0.1, 0.15) is 17.3 Å². The average molecular weight is 359 g/mol. The number of oxazole rings is 1. The van der Waals surface area contributed by atoms with Gasteiger partial charge in [0, 0.05) is 12.8 Å². The van der Waals surface area contributed by atoms with Gasteiger partial charge in [0.05, 0.1) is 24.9 Å². The summed E-state index contributed by atoms with van der Waals surface area (Å²) in [5, 5.41) is 12.3. The lowest BCUT2D eigenvalue weighted by Gasteiger charge is -2.03. The second kappa shape index (κ2) is 7.71. The number of nitrogens with one attached hydrogen (secondary N) is 1. The van der Waals surface area contributed by atoms with Gasteiger partial charge in [-0.25, -0.2) is 4.98 Å². The van der Waals surface area contributed by atoms with Gasteiger partial charge in [0.1, 0.15) is 17.3 Å². The van der Waals surface area contributed by atoms with E-state index in [0.717, 1.165) is 33.7 Å². The number of hydrogen-bond acceptors (Lipinski definition) is 7. The van der Waals surface area contributed by atoms with E-state index in [9.17, 15) is 0 Å². The van der Waals surface area contributed by atoms with Gasteiger partial charge in [-0.3, -0.25) is 0 Å². The number of thioether (sulfide) groups is 1. The fourth-order valence-electron chi connectivity index (χ4n) is 2.41. The Morgan fingerprint density at radius 2 is 2.08 bits per heavy atom. The zero-order valence-corrected chi connectivity index (χ0v) is 15.6. The molecular formula is C17H21N5O2S. The van der Waals surface area contributed by atoms with Crippen LogP contribution in [0.5, 0.6) is 5.75 Å². The van der Waals surface area contributed by atoms with Gasteiger partial charge in [-0.15, -0.1) is 10.2 Å². The second-order valence-electron chi connectivity index (χ2n) is 5.50. The number of benzene rings is 1. The summed E-state index contributed by atoms with van der Waals surface area (Å²) in [6, 6.07) is 7.69. The summed E-state index contributed by atoms with van der Waals surface area (Å²) in [4.78, 5) is 4.64. The standard InChI is InChI=1S/C17H21N5O2S/c1-11-13(10-25-17-21-20-15(9-18-2)22(17)3)19-16(24-11)12-7-5-6-8-14(12)23-4/h5-8,18H,9-10H2,1-4H3. The highest BCUT2D eigenvalue weighted by Gasteiger charge is 2.16. The molecular weight excluding hydrogens is 338 g/mol. The lowest BCUT2D eigenvalue weighted by Crippen LogP contribution is -2.10. The summed E-state index contributed by atoms with van der Waals surface area (Å²) < 4.78 is 13.2. The molecule has 3 rings (SSSR count). The molecule has 0 saturated heterocycles. The molecule has 2 heterocycles. The maximum Gasteiger partial charge on any atom is 0.230 e. The van der Waals surface area contributed by atoms with E-state index in [4.69, 9.17) is 9.15 Å². The van der Waals surface area contributed by atoms with Gasteiger partial charge in [-0.05, 0) is 26.1 Å². The van der Waals surface area contributed by atoms with Crippen LogP contribution in [-0.2, 0) is 19.3 Å². The van der Waals surface area contributed by atoms with E-state index in [-0.39, 0.29) is 0 Å². The predicted octanol–water partition coefficient (Wildman–Crippen LogP) is 2.80. The van der Waals surface area contributed by atoms with Crippen LogP contribution in [0.25, 0.3) is 11.5 Å². The maximum atomic E-state index is 5.85. The van der Waals surface area contributed by atoms with E-state index in [1.165, 1.54) is 0 Å². The third-order valence-corrected chi connectivity index (χ3v) is 4.86. The third-order valence-electron chi connectivity index (χ3n) is 3.83. The van der Waals surface area contributed by atoms with Gasteiger partial charge in [-0.1, -0.05) is 23.9 Å². The Morgan fingerprint density at radius 1 is 1.28 bits per heavy atom. The second-order valence-corrected chi connectivity index (χ2v) is 6.44. The molecule has 132 valence electrons. The molecule has 3 aromatic rings. The normalized spacial score (nSPS) is 11.0. The molecule has 1 N–H and O–H groups in total. The highest BCUT2D eigenvalue weighted by molar-refractivity contribution is 7.98. The molecule has 0 bridgehead atoms. The molecule has 7 nitrogen and oxygen atoms in total. The first-order chi connectivity index (χ1) is 12.1. The van der Waals surface area contributed by atoms with E-state index in [0.29, 0.717) is 18.2 Å². The van der Waals surface area contributed by atoms with E-state index in [1.807, 2.05) is 49.9 Å². The summed E-state index contributed by atoms with van der Waals surface area (Å²) in [6.07, 6.45) is 0. The van der Waals surface area contributed by atoms with Gasteiger partial charge in [0.15, 0.2) is 5.16 Å². The molecule has 0 fully saturated rings. The van der Waals surface area contributed by atoms with Gasteiger partial charge in [-0.2, -0.15) is 0 Å². The van der Waals surface area contributed by atoms with Crippen LogP contribution in [0, 0.1) is 6.92 Å². The van der Waals surface area contributed by atoms with Crippen LogP contribution in [0.2, 0.25) is 0 Å². The fraction of sp³-hybridized carbons (Fsp3) is 0.353. The average Bonchev–Trinajstić information content (AvgIpc) is 3.17. The van der Waals surface area contributed by atoms with E-state index >= 15 is 0 Å². The molecule has 0 atom stereocenters. The van der Waals surface area contributed by atoms with E-state index < -0.39 is 0 Å². The van der Waals surface area contributed by atoms with Crippen molar-refractivity contribution < 1.29 is 9.15 Å². The highest BCUT2D eigenvalue weighted by Crippen LogP contribution is 2.31. The van der Waals surface area contributed by atoms with Crippen molar-refractivity contribution >= 4 is 11.8 Å². The molecule has 25 heavy (non-hydrogen) atoms. The Balaban J connectivity index is 1.77. The number of aryl methyl sites for hydroxylation is 1. The summed E-state index contributed by atoms with van der Waals surface area (Å²) in [5.74, 6) is 3.67. The Hall–Kier alpha value is -2.32. The van der Waals surface area contributed by atoms with Crippen molar-refractivity contribution in [1.29, 1.82) is 0 Å². The van der Waals surface area contributed by atoms with Crippen LogP contribution in [0.4, 0.5) is 0 Å². The van der Waals surface area contributed by atoms with Gasteiger partial charge in [0.25, 0.3) is 0 Å². The molecule has 0 aliphatic carbocycles.